The third-order valence-corrected chi connectivity index (χ3v) is 4.91. The van der Waals surface area contributed by atoms with Crippen molar-refractivity contribution in [2.45, 2.75) is 44.6 Å². The van der Waals surface area contributed by atoms with Gasteiger partial charge in [-0.15, -0.1) is 0 Å². The fourth-order valence-corrected chi connectivity index (χ4v) is 3.63. The van der Waals surface area contributed by atoms with Gasteiger partial charge in [0.05, 0.1) is 11.7 Å². The van der Waals surface area contributed by atoms with Gasteiger partial charge in [0, 0.05) is 12.1 Å². The molecule has 4 nitrogen and oxygen atoms in total. The van der Waals surface area contributed by atoms with E-state index < -0.39 is 0 Å². The van der Waals surface area contributed by atoms with Crippen molar-refractivity contribution in [2.75, 3.05) is 13.1 Å². The molecule has 1 saturated heterocycles. The Kier molecular flexibility index (Phi) is 6.18. The predicted molar refractivity (Wildman–Crippen MR) is 100 cm³/mol. The summed E-state index contributed by atoms with van der Waals surface area (Å²) in [5.41, 5.74) is 8.76. The molecule has 2 heterocycles. The van der Waals surface area contributed by atoms with E-state index in [0.29, 0.717) is 18.9 Å². The van der Waals surface area contributed by atoms with E-state index in [4.69, 9.17) is 10.7 Å². The van der Waals surface area contributed by atoms with E-state index in [0.717, 1.165) is 37.3 Å². The summed E-state index contributed by atoms with van der Waals surface area (Å²) in [4.78, 5) is 18.3. The number of amides is 1. The number of likely N-dealkylation sites (tertiary alicyclic amines) is 1. The van der Waals surface area contributed by atoms with E-state index in [1.807, 2.05) is 6.07 Å². The topological polar surface area (TPSA) is 59.2 Å². The molecule has 1 aliphatic heterocycles. The number of nitrogens with two attached hydrogens (primary N) is 1. The predicted octanol–water partition coefficient (Wildman–Crippen LogP) is 3.27. The Morgan fingerprint density at radius 1 is 1.12 bits per heavy atom. The highest BCUT2D eigenvalue weighted by Gasteiger charge is 2.26. The second-order valence-electron chi connectivity index (χ2n) is 6.80. The van der Waals surface area contributed by atoms with Gasteiger partial charge in [0.15, 0.2) is 0 Å². The zero-order valence-corrected chi connectivity index (χ0v) is 14.7. The summed E-state index contributed by atoms with van der Waals surface area (Å²) >= 11 is 0. The molecular weight excluding hydrogens is 310 g/mol. The molecule has 1 aromatic carbocycles. The molecule has 3 rings (SSSR count). The van der Waals surface area contributed by atoms with Gasteiger partial charge in [-0.05, 0) is 62.9 Å². The number of carbonyl (C=O) groups is 1. The molecule has 1 fully saturated rings. The number of nitrogens with zero attached hydrogens (tertiary/aromatic N) is 2. The number of carbonyl (C=O) groups excluding carboxylic acids is 1. The van der Waals surface area contributed by atoms with Crippen LogP contribution < -0.4 is 5.73 Å². The Morgan fingerprint density at radius 2 is 1.96 bits per heavy atom. The Labute approximate surface area is 150 Å². The van der Waals surface area contributed by atoms with Crippen LogP contribution in [0.4, 0.5) is 0 Å². The molecular formula is C21H27N3O. The lowest BCUT2D eigenvalue weighted by atomic mass is 10.1. The van der Waals surface area contributed by atoms with Crippen molar-refractivity contribution >= 4 is 5.91 Å². The minimum atomic E-state index is -0.268. The first-order valence-electron chi connectivity index (χ1n) is 9.24. The fourth-order valence-electron chi connectivity index (χ4n) is 3.63. The van der Waals surface area contributed by atoms with Gasteiger partial charge >= 0.3 is 0 Å². The van der Waals surface area contributed by atoms with Crippen molar-refractivity contribution in [3.63, 3.8) is 0 Å². The lowest BCUT2D eigenvalue weighted by Crippen LogP contribution is -2.25. The molecule has 0 radical (unpaired) electrons. The molecule has 0 spiro atoms. The highest BCUT2D eigenvalue weighted by molar-refractivity contribution is 5.73. The van der Waals surface area contributed by atoms with E-state index in [2.05, 4.69) is 47.4 Å². The van der Waals surface area contributed by atoms with E-state index >= 15 is 0 Å². The van der Waals surface area contributed by atoms with Crippen molar-refractivity contribution in [1.82, 2.24) is 9.88 Å². The van der Waals surface area contributed by atoms with Crippen molar-refractivity contribution in [3.8, 4) is 0 Å². The second kappa shape index (κ2) is 8.77. The van der Waals surface area contributed by atoms with Gasteiger partial charge in [-0.1, -0.05) is 36.4 Å². The summed E-state index contributed by atoms with van der Waals surface area (Å²) in [6.07, 6.45) is 5.67. The van der Waals surface area contributed by atoms with Crippen molar-refractivity contribution in [3.05, 3.63) is 65.5 Å². The maximum absolute atomic E-state index is 11.0. The number of hydrogen-bond donors (Lipinski definition) is 1. The van der Waals surface area contributed by atoms with Crippen LogP contribution in [0.15, 0.2) is 48.5 Å². The average Bonchev–Trinajstić information content (AvgIpc) is 3.10. The summed E-state index contributed by atoms with van der Waals surface area (Å²) in [7, 11) is 0. The smallest absolute Gasteiger partial charge is 0.217 e. The molecule has 1 aromatic heterocycles. The Morgan fingerprint density at radius 3 is 2.76 bits per heavy atom. The van der Waals surface area contributed by atoms with E-state index in [9.17, 15) is 4.79 Å². The summed E-state index contributed by atoms with van der Waals surface area (Å²) < 4.78 is 0. The van der Waals surface area contributed by atoms with Crippen molar-refractivity contribution in [2.24, 2.45) is 5.73 Å². The lowest BCUT2D eigenvalue weighted by molar-refractivity contribution is -0.118. The third-order valence-electron chi connectivity index (χ3n) is 4.91. The van der Waals surface area contributed by atoms with Crippen molar-refractivity contribution < 1.29 is 4.79 Å². The molecule has 0 saturated carbocycles. The van der Waals surface area contributed by atoms with Crippen LogP contribution in [0.25, 0.3) is 0 Å². The van der Waals surface area contributed by atoms with Gasteiger partial charge in [0.25, 0.3) is 0 Å². The van der Waals surface area contributed by atoms with Crippen LogP contribution in [0.3, 0.4) is 0 Å². The number of benzene rings is 1. The average molecular weight is 337 g/mol. The number of rotatable bonds is 8. The Bertz CT molecular complexity index is 687. The zero-order chi connectivity index (χ0) is 17.5. The monoisotopic (exact) mass is 337 g/mol. The van der Waals surface area contributed by atoms with E-state index in [-0.39, 0.29) is 5.91 Å². The summed E-state index contributed by atoms with van der Waals surface area (Å²) in [5, 5.41) is 0. The lowest BCUT2D eigenvalue weighted by Gasteiger charge is -2.24. The minimum absolute atomic E-state index is 0.268. The SMILES string of the molecule is NC(=O)CCc1cccc([C@@H]2CCCN2CCCc2ccccc2)n1. The Hall–Kier alpha value is -2.20. The van der Waals surface area contributed by atoms with E-state index in [1.165, 1.54) is 18.4 Å². The van der Waals surface area contributed by atoms with Gasteiger partial charge in [-0.3, -0.25) is 14.7 Å². The highest BCUT2D eigenvalue weighted by Crippen LogP contribution is 2.31. The number of aryl methyl sites for hydroxylation is 2. The molecule has 0 unspecified atom stereocenters. The molecule has 0 bridgehead atoms. The van der Waals surface area contributed by atoms with Crippen LogP contribution >= 0.6 is 0 Å². The molecule has 1 aliphatic rings. The summed E-state index contributed by atoms with van der Waals surface area (Å²) in [6, 6.07) is 17.2. The van der Waals surface area contributed by atoms with Crippen LogP contribution in [0.5, 0.6) is 0 Å². The van der Waals surface area contributed by atoms with Gasteiger partial charge in [-0.2, -0.15) is 0 Å². The maximum Gasteiger partial charge on any atom is 0.217 e. The minimum Gasteiger partial charge on any atom is -0.370 e. The fraction of sp³-hybridized carbons (Fsp3) is 0.429. The van der Waals surface area contributed by atoms with Crippen LogP contribution in [-0.2, 0) is 17.6 Å². The molecule has 2 N–H and O–H groups in total. The number of aromatic nitrogens is 1. The molecule has 25 heavy (non-hydrogen) atoms. The van der Waals surface area contributed by atoms with Gasteiger partial charge in [0.1, 0.15) is 0 Å². The molecule has 2 aromatic rings. The molecule has 1 atom stereocenters. The number of pyridine rings is 1. The maximum atomic E-state index is 11.0. The number of primary amides is 1. The quantitative estimate of drug-likeness (QED) is 0.804. The second-order valence-corrected chi connectivity index (χ2v) is 6.80. The molecule has 4 heteroatoms. The number of hydrogen-bond acceptors (Lipinski definition) is 3. The van der Waals surface area contributed by atoms with Gasteiger partial charge in [0.2, 0.25) is 5.91 Å². The first-order valence-corrected chi connectivity index (χ1v) is 9.24. The summed E-state index contributed by atoms with van der Waals surface area (Å²) in [6.45, 7) is 2.25. The Balaban J connectivity index is 1.57. The first-order chi connectivity index (χ1) is 12.2. The van der Waals surface area contributed by atoms with E-state index in [1.54, 1.807) is 0 Å². The highest BCUT2D eigenvalue weighted by atomic mass is 16.1. The third kappa shape index (κ3) is 5.13. The summed E-state index contributed by atoms with van der Waals surface area (Å²) in [5.74, 6) is -0.268. The largest absolute Gasteiger partial charge is 0.370 e. The van der Waals surface area contributed by atoms with Crippen LogP contribution in [0.1, 0.15) is 48.7 Å². The molecule has 0 aliphatic carbocycles. The van der Waals surface area contributed by atoms with Crippen molar-refractivity contribution in [1.29, 1.82) is 0 Å². The van der Waals surface area contributed by atoms with Gasteiger partial charge < -0.3 is 5.73 Å². The van der Waals surface area contributed by atoms with Gasteiger partial charge in [-0.25, -0.2) is 0 Å². The molecule has 132 valence electrons. The normalized spacial score (nSPS) is 17.7. The zero-order valence-electron chi connectivity index (χ0n) is 14.7. The van der Waals surface area contributed by atoms with Crippen LogP contribution in [0, 0.1) is 0 Å². The van der Waals surface area contributed by atoms with Crippen LogP contribution in [-0.4, -0.2) is 28.9 Å². The molecule has 1 amide bonds. The van der Waals surface area contributed by atoms with Crippen LogP contribution in [0.2, 0.25) is 0 Å². The first kappa shape index (κ1) is 17.6. The standard InChI is InChI=1S/C21H27N3O/c22-21(25)14-13-18-10-4-11-19(23-18)20-12-6-16-24(20)15-5-9-17-7-2-1-3-8-17/h1-4,7-8,10-11,20H,5-6,9,12-16H2,(H2,22,25)/t20-/m0/s1.